The van der Waals surface area contributed by atoms with Gasteiger partial charge in [0.15, 0.2) is 0 Å². The number of hydrogen-bond acceptors (Lipinski definition) is 5. The third-order valence-corrected chi connectivity index (χ3v) is 7.49. The van der Waals surface area contributed by atoms with E-state index in [0.29, 0.717) is 47.5 Å². The number of anilines is 1. The first-order valence-electron chi connectivity index (χ1n) is 12.8. The summed E-state index contributed by atoms with van der Waals surface area (Å²) in [5.41, 5.74) is 1.23. The summed E-state index contributed by atoms with van der Waals surface area (Å²) in [4.78, 5) is 24.9. The van der Waals surface area contributed by atoms with E-state index in [1.165, 1.54) is 34.9 Å². The van der Waals surface area contributed by atoms with E-state index in [-0.39, 0.29) is 17.4 Å². The fourth-order valence-electron chi connectivity index (χ4n) is 5.49. The molecule has 1 fully saturated rings. The Morgan fingerprint density at radius 2 is 1.68 bits per heavy atom. The summed E-state index contributed by atoms with van der Waals surface area (Å²) in [6.45, 7) is 10.5. The first-order valence-corrected chi connectivity index (χ1v) is 12.8. The second kappa shape index (κ2) is 10.7. The Balaban J connectivity index is 1.55. The summed E-state index contributed by atoms with van der Waals surface area (Å²) in [6.07, 6.45) is -4.47. The van der Waals surface area contributed by atoms with Crippen molar-refractivity contribution >= 4 is 22.5 Å². The molecule has 4 aromatic rings. The predicted octanol–water partition coefficient (Wildman–Crippen LogP) is 5.81. The molecule has 2 atom stereocenters. The molecule has 3 heterocycles. The Kier molecular flexibility index (Phi) is 7.24. The van der Waals surface area contributed by atoms with Gasteiger partial charge in [0.05, 0.1) is 17.1 Å². The molecule has 0 radical (unpaired) electrons. The molecule has 2 aromatic heterocycles. The van der Waals surface area contributed by atoms with Gasteiger partial charge in [0.2, 0.25) is 5.52 Å². The summed E-state index contributed by atoms with van der Waals surface area (Å²) < 4.78 is 54.9. The summed E-state index contributed by atoms with van der Waals surface area (Å²) >= 11 is 0. The number of hydrogen-bond donors (Lipinski definition) is 0. The van der Waals surface area contributed by atoms with E-state index in [0.717, 1.165) is 12.1 Å². The Labute approximate surface area is 233 Å². The SMILES string of the molecule is [C-]#[N+]c1ccc2c(n1)c(N1CCN(C(c3ccc(F)cc3)c3ccc(C(F)(F)F)cc3)[C@H](C)C1)c(C#N)c(=O)n2C. The van der Waals surface area contributed by atoms with Crippen molar-refractivity contribution in [2.24, 2.45) is 7.05 Å². The van der Waals surface area contributed by atoms with Crippen LogP contribution in [0.1, 0.15) is 35.2 Å². The topological polar surface area (TPSA) is 69.5 Å². The highest BCUT2D eigenvalue weighted by Crippen LogP contribution is 2.37. The van der Waals surface area contributed by atoms with Gasteiger partial charge in [-0.1, -0.05) is 30.8 Å². The second-order valence-corrected chi connectivity index (χ2v) is 9.96. The lowest BCUT2D eigenvalue weighted by Gasteiger charge is -2.45. The lowest BCUT2D eigenvalue weighted by molar-refractivity contribution is -0.137. The Bertz CT molecular complexity index is 1750. The van der Waals surface area contributed by atoms with E-state index in [1.54, 1.807) is 25.2 Å². The number of benzene rings is 2. The van der Waals surface area contributed by atoms with Gasteiger partial charge < -0.3 is 14.3 Å². The van der Waals surface area contributed by atoms with Crippen molar-refractivity contribution in [2.45, 2.75) is 25.2 Å². The number of halogens is 4. The van der Waals surface area contributed by atoms with Gasteiger partial charge in [-0.25, -0.2) is 4.39 Å². The molecule has 2 aromatic carbocycles. The number of aromatic nitrogens is 2. The van der Waals surface area contributed by atoms with Crippen molar-refractivity contribution in [2.75, 3.05) is 24.5 Å². The number of pyridine rings is 2. The van der Waals surface area contributed by atoms with Gasteiger partial charge in [-0.3, -0.25) is 9.69 Å². The van der Waals surface area contributed by atoms with Crippen LogP contribution in [0.15, 0.2) is 65.5 Å². The monoisotopic (exact) mass is 560 g/mol. The minimum Gasteiger partial charge on any atom is -0.364 e. The number of alkyl halides is 3. The van der Waals surface area contributed by atoms with Crippen LogP contribution in [0.5, 0.6) is 0 Å². The van der Waals surface area contributed by atoms with Crippen LogP contribution in [0.3, 0.4) is 0 Å². The van der Waals surface area contributed by atoms with Gasteiger partial charge in [-0.2, -0.15) is 18.4 Å². The Hall–Kier alpha value is -4.74. The molecule has 41 heavy (non-hydrogen) atoms. The highest BCUT2D eigenvalue weighted by atomic mass is 19.4. The molecule has 1 saturated heterocycles. The van der Waals surface area contributed by atoms with Crippen molar-refractivity contribution in [3.05, 3.63) is 111 Å². The summed E-state index contributed by atoms with van der Waals surface area (Å²) in [6, 6.07) is 15.3. The first kappa shape index (κ1) is 27.8. The smallest absolute Gasteiger partial charge is 0.364 e. The predicted molar refractivity (Wildman–Crippen MR) is 146 cm³/mol. The zero-order chi connectivity index (χ0) is 29.5. The van der Waals surface area contributed by atoms with Crippen LogP contribution in [-0.4, -0.2) is 40.1 Å². The molecule has 0 bridgehead atoms. The third-order valence-electron chi connectivity index (χ3n) is 7.49. The van der Waals surface area contributed by atoms with Gasteiger partial charge in [0.25, 0.3) is 11.4 Å². The largest absolute Gasteiger partial charge is 0.416 e. The van der Waals surface area contributed by atoms with Crippen LogP contribution in [-0.2, 0) is 13.2 Å². The molecule has 1 aliphatic rings. The van der Waals surface area contributed by atoms with Crippen LogP contribution >= 0.6 is 0 Å². The fourth-order valence-corrected chi connectivity index (χ4v) is 5.49. The quantitative estimate of drug-likeness (QED) is 0.233. The molecular formula is C30H24F4N6O. The van der Waals surface area contributed by atoms with Gasteiger partial charge in [0.1, 0.15) is 23.1 Å². The van der Waals surface area contributed by atoms with Gasteiger partial charge >= 0.3 is 6.18 Å². The van der Waals surface area contributed by atoms with E-state index in [1.807, 2.05) is 17.9 Å². The molecule has 0 amide bonds. The number of rotatable bonds is 4. The minimum atomic E-state index is -4.47. The fraction of sp³-hybridized carbons (Fsp3) is 0.267. The lowest BCUT2D eigenvalue weighted by Crippen LogP contribution is -2.53. The van der Waals surface area contributed by atoms with E-state index in [9.17, 15) is 27.6 Å². The van der Waals surface area contributed by atoms with Gasteiger partial charge in [0, 0.05) is 32.7 Å². The molecule has 0 spiro atoms. The Morgan fingerprint density at radius 3 is 2.24 bits per heavy atom. The molecule has 11 heteroatoms. The van der Waals surface area contributed by atoms with E-state index < -0.39 is 29.2 Å². The zero-order valence-corrected chi connectivity index (χ0v) is 22.2. The number of nitrogens with zero attached hydrogens (tertiary/aromatic N) is 6. The van der Waals surface area contributed by atoms with Crippen LogP contribution in [0.2, 0.25) is 0 Å². The van der Waals surface area contributed by atoms with Crippen molar-refractivity contribution in [3.8, 4) is 6.07 Å². The highest BCUT2D eigenvalue weighted by molar-refractivity contribution is 5.92. The van der Waals surface area contributed by atoms with E-state index >= 15 is 0 Å². The van der Waals surface area contributed by atoms with Gasteiger partial charge in [-0.15, -0.1) is 4.98 Å². The summed E-state index contributed by atoms with van der Waals surface area (Å²) in [5.74, 6) is -0.294. The molecule has 7 nitrogen and oxygen atoms in total. The number of fused-ring (bicyclic) bond motifs is 1. The van der Waals surface area contributed by atoms with Crippen molar-refractivity contribution in [1.29, 1.82) is 5.26 Å². The minimum absolute atomic E-state index is 0.0758. The Morgan fingerprint density at radius 1 is 1.05 bits per heavy atom. The van der Waals surface area contributed by atoms with E-state index in [2.05, 4.69) is 14.7 Å². The summed E-state index contributed by atoms with van der Waals surface area (Å²) in [7, 11) is 1.55. The number of piperazine rings is 1. The van der Waals surface area contributed by atoms with E-state index in [4.69, 9.17) is 6.57 Å². The number of nitriles is 1. The maximum atomic E-state index is 13.8. The molecule has 5 rings (SSSR count). The normalized spacial score (nSPS) is 16.8. The first-order chi connectivity index (χ1) is 19.5. The zero-order valence-electron chi connectivity index (χ0n) is 22.2. The van der Waals surface area contributed by atoms with Crippen LogP contribution in [0.25, 0.3) is 15.9 Å². The molecule has 208 valence electrons. The second-order valence-electron chi connectivity index (χ2n) is 9.96. The van der Waals surface area contributed by atoms with Crippen LogP contribution in [0.4, 0.5) is 29.1 Å². The van der Waals surface area contributed by atoms with Gasteiger partial charge in [-0.05, 0) is 54.4 Å². The average Bonchev–Trinajstić information content (AvgIpc) is 2.96. The summed E-state index contributed by atoms with van der Waals surface area (Å²) in [5, 5.41) is 9.95. The molecule has 1 unspecified atom stereocenters. The van der Waals surface area contributed by atoms with Crippen molar-refractivity contribution in [3.63, 3.8) is 0 Å². The van der Waals surface area contributed by atoms with Crippen molar-refractivity contribution in [1.82, 2.24) is 14.5 Å². The van der Waals surface area contributed by atoms with Crippen LogP contribution in [0, 0.1) is 23.7 Å². The van der Waals surface area contributed by atoms with Crippen LogP contribution < -0.4 is 10.5 Å². The standard InChI is InChI=1S/C30H24F4N6O/c1-18-17-39(28-23(16-35)29(41)38(3)24-12-13-25(36-2)37-26(24)28)14-15-40(18)27(20-6-10-22(31)11-7-20)19-4-8-21(9-5-19)30(32,33)34/h4-13,18,27H,14-15,17H2,1,3H3/t18-,27?/m1/s1. The molecule has 0 saturated carbocycles. The maximum absolute atomic E-state index is 13.8. The lowest BCUT2D eigenvalue weighted by atomic mass is 9.93. The number of aryl methyl sites for hydroxylation is 1. The average molecular weight is 561 g/mol. The van der Waals surface area contributed by atoms with Crippen molar-refractivity contribution < 1.29 is 17.6 Å². The molecule has 0 aliphatic carbocycles. The maximum Gasteiger partial charge on any atom is 0.416 e. The molecule has 0 N–H and O–H groups in total. The highest BCUT2D eigenvalue weighted by Gasteiger charge is 2.35. The molecule has 1 aliphatic heterocycles. The molecular weight excluding hydrogens is 536 g/mol. The third kappa shape index (κ3) is 5.12.